The number of rotatable bonds is 2. The van der Waals surface area contributed by atoms with E-state index in [1.54, 1.807) is 22.9 Å². The van der Waals surface area contributed by atoms with Crippen molar-refractivity contribution < 1.29 is 0 Å². The van der Waals surface area contributed by atoms with Gasteiger partial charge in [-0.1, -0.05) is 53.5 Å². The van der Waals surface area contributed by atoms with Crippen molar-refractivity contribution >= 4 is 29.0 Å². The largest absolute Gasteiger partial charge is 0.383 e. The first-order valence-electron chi connectivity index (χ1n) is 6.41. The summed E-state index contributed by atoms with van der Waals surface area (Å²) in [5, 5.41) is 5.71. The Balaban J connectivity index is 2.29. The molecule has 106 valence electrons. The molecule has 21 heavy (non-hydrogen) atoms. The zero-order valence-corrected chi connectivity index (χ0v) is 12.9. The van der Waals surface area contributed by atoms with Gasteiger partial charge >= 0.3 is 0 Å². The number of hydrogen-bond donors (Lipinski definition) is 1. The Bertz CT molecular complexity index is 795. The highest BCUT2D eigenvalue weighted by atomic mass is 35.5. The highest BCUT2D eigenvalue weighted by Gasteiger charge is 2.19. The summed E-state index contributed by atoms with van der Waals surface area (Å²) >= 11 is 12.4. The van der Waals surface area contributed by atoms with Crippen LogP contribution in [0.4, 0.5) is 5.82 Å². The quantitative estimate of drug-likeness (QED) is 0.748. The molecule has 0 aliphatic carbocycles. The van der Waals surface area contributed by atoms with Gasteiger partial charge in [-0.3, -0.25) is 4.68 Å². The van der Waals surface area contributed by atoms with Gasteiger partial charge in [0, 0.05) is 17.6 Å². The van der Waals surface area contributed by atoms with E-state index in [2.05, 4.69) is 5.10 Å². The molecule has 0 atom stereocenters. The Morgan fingerprint density at radius 3 is 2.48 bits per heavy atom. The maximum absolute atomic E-state index is 6.30. The highest BCUT2D eigenvalue weighted by Crippen LogP contribution is 2.39. The molecule has 3 nitrogen and oxygen atoms in total. The van der Waals surface area contributed by atoms with Gasteiger partial charge in [0.1, 0.15) is 11.5 Å². The van der Waals surface area contributed by atoms with Crippen molar-refractivity contribution in [3.63, 3.8) is 0 Å². The fourth-order valence-corrected chi connectivity index (χ4v) is 2.67. The van der Waals surface area contributed by atoms with E-state index in [4.69, 9.17) is 28.9 Å². The van der Waals surface area contributed by atoms with Crippen LogP contribution in [0.2, 0.25) is 10.0 Å². The van der Waals surface area contributed by atoms with Crippen LogP contribution in [0.3, 0.4) is 0 Å². The molecule has 1 aromatic heterocycles. The molecule has 5 heteroatoms. The average molecular weight is 318 g/mol. The van der Waals surface area contributed by atoms with Gasteiger partial charge in [0.05, 0.1) is 10.6 Å². The number of nitrogens with zero attached hydrogens (tertiary/aromatic N) is 2. The Kier molecular flexibility index (Phi) is 3.62. The third-order valence-electron chi connectivity index (χ3n) is 3.34. The molecule has 0 spiro atoms. The van der Waals surface area contributed by atoms with E-state index in [-0.39, 0.29) is 0 Å². The van der Waals surface area contributed by atoms with Gasteiger partial charge < -0.3 is 5.73 Å². The second-order valence-corrected chi connectivity index (χ2v) is 5.57. The molecule has 0 saturated heterocycles. The number of aromatic nitrogens is 2. The molecular formula is C16H13Cl2N3. The number of benzene rings is 2. The van der Waals surface area contributed by atoms with E-state index in [1.807, 2.05) is 37.4 Å². The van der Waals surface area contributed by atoms with Crippen molar-refractivity contribution in [3.05, 3.63) is 58.6 Å². The highest BCUT2D eigenvalue weighted by molar-refractivity contribution is 6.35. The van der Waals surface area contributed by atoms with E-state index in [0.717, 1.165) is 22.4 Å². The molecule has 0 fully saturated rings. The van der Waals surface area contributed by atoms with Crippen LogP contribution in [-0.2, 0) is 7.05 Å². The summed E-state index contributed by atoms with van der Waals surface area (Å²) in [6, 6.07) is 15.2. The molecular weight excluding hydrogens is 305 g/mol. The summed E-state index contributed by atoms with van der Waals surface area (Å²) in [5.74, 6) is 0.590. The summed E-state index contributed by atoms with van der Waals surface area (Å²) in [4.78, 5) is 0. The van der Waals surface area contributed by atoms with Crippen molar-refractivity contribution in [1.82, 2.24) is 9.78 Å². The number of nitrogen functional groups attached to an aromatic ring is 1. The number of anilines is 1. The van der Waals surface area contributed by atoms with E-state index in [1.165, 1.54) is 0 Å². The lowest BCUT2D eigenvalue weighted by Gasteiger charge is -2.06. The number of hydrogen-bond acceptors (Lipinski definition) is 2. The molecule has 3 aromatic rings. The van der Waals surface area contributed by atoms with E-state index < -0.39 is 0 Å². The van der Waals surface area contributed by atoms with Crippen LogP contribution in [-0.4, -0.2) is 9.78 Å². The SMILES string of the molecule is Cn1nc(-c2cc(Cl)ccc2Cl)c(-c2ccccc2)c1N. The lowest BCUT2D eigenvalue weighted by Crippen LogP contribution is -1.97. The van der Waals surface area contributed by atoms with Crippen molar-refractivity contribution in [2.24, 2.45) is 7.05 Å². The van der Waals surface area contributed by atoms with Crippen molar-refractivity contribution in [3.8, 4) is 22.4 Å². The predicted octanol–water partition coefficient (Wildman–Crippen LogP) is 4.64. The van der Waals surface area contributed by atoms with Crippen LogP contribution < -0.4 is 5.73 Å². The van der Waals surface area contributed by atoms with Gasteiger partial charge in [-0.15, -0.1) is 0 Å². The maximum Gasteiger partial charge on any atom is 0.129 e. The first-order chi connectivity index (χ1) is 10.1. The van der Waals surface area contributed by atoms with E-state index in [0.29, 0.717) is 15.9 Å². The molecule has 0 radical (unpaired) electrons. The fourth-order valence-electron chi connectivity index (χ4n) is 2.29. The number of nitrogens with two attached hydrogens (primary N) is 1. The fraction of sp³-hybridized carbons (Fsp3) is 0.0625. The van der Waals surface area contributed by atoms with Gasteiger partial charge in [0.15, 0.2) is 0 Å². The van der Waals surface area contributed by atoms with Crippen LogP contribution in [0.25, 0.3) is 22.4 Å². The third-order valence-corrected chi connectivity index (χ3v) is 3.90. The summed E-state index contributed by atoms with van der Waals surface area (Å²) in [6.45, 7) is 0. The molecule has 0 saturated carbocycles. The molecule has 2 aromatic carbocycles. The molecule has 1 heterocycles. The lowest BCUT2D eigenvalue weighted by atomic mass is 10.0. The number of aryl methyl sites for hydroxylation is 1. The predicted molar refractivity (Wildman–Crippen MR) is 88.5 cm³/mol. The van der Waals surface area contributed by atoms with Crippen LogP contribution in [0.15, 0.2) is 48.5 Å². The van der Waals surface area contributed by atoms with Crippen molar-refractivity contribution in [1.29, 1.82) is 0 Å². The lowest BCUT2D eigenvalue weighted by molar-refractivity contribution is 0.782. The van der Waals surface area contributed by atoms with Crippen LogP contribution in [0.1, 0.15) is 0 Å². The van der Waals surface area contributed by atoms with Gasteiger partial charge in [-0.2, -0.15) is 5.10 Å². The van der Waals surface area contributed by atoms with Gasteiger partial charge in [0.2, 0.25) is 0 Å². The van der Waals surface area contributed by atoms with E-state index in [9.17, 15) is 0 Å². The average Bonchev–Trinajstić information content (AvgIpc) is 2.78. The zero-order valence-electron chi connectivity index (χ0n) is 11.3. The van der Waals surface area contributed by atoms with E-state index >= 15 is 0 Å². The Morgan fingerprint density at radius 1 is 1.05 bits per heavy atom. The minimum absolute atomic E-state index is 0.590. The second-order valence-electron chi connectivity index (χ2n) is 4.72. The molecule has 0 unspecified atom stereocenters. The van der Waals surface area contributed by atoms with Gasteiger partial charge in [0.25, 0.3) is 0 Å². The van der Waals surface area contributed by atoms with Gasteiger partial charge in [-0.25, -0.2) is 0 Å². The third kappa shape index (κ3) is 2.50. The zero-order chi connectivity index (χ0) is 15.0. The van der Waals surface area contributed by atoms with Crippen LogP contribution in [0, 0.1) is 0 Å². The Labute approximate surface area is 132 Å². The summed E-state index contributed by atoms with van der Waals surface area (Å²) in [7, 11) is 1.81. The normalized spacial score (nSPS) is 10.8. The second kappa shape index (κ2) is 5.43. The summed E-state index contributed by atoms with van der Waals surface area (Å²) in [6.07, 6.45) is 0. The van der Waals surface area contributed by atoms with Gasteiger partial charge in [-0.05, 0) is 23.8 Å². The standard InChI is InChI=1S/C16H13Cl2N3/c1-21-16(19)14(10-5-3-2-4-6-10)15(20-21)12-9-11(17)7-8-13(12)18/h2-9H,19H2,1H3. The topological polar surface area (TPSA) is 43.8 Å². The molecule has 0 aliphatic rings. The van der Waals surface area contributed by atoms with Crippen LogP contribution in [0.5, 0.6) is 0 Å². The summed E-state index contributed by atoms with van der Waals surface area (Å²) < 4.78 is 1.65. The minimum atomic E-state index is 0.590. The minimum Gasteiger partial charge on any atom is -0.383 e. The number of halogens is 2. The molecule has 0 aliphatic heterocycles. The smallest absolute Gasteiger partial charge is 0.129 e. The maximum atomic E-state index is 6.30. The molecule has 2 N–H and O–H groups in total. The Hall–Kier alpha value is -1.97. The molecule has 0 bridgehead atoms. The first-order valence-corrected chi connectivity index (χ1v) is 7.17. The molecule has 0 amide bonds. The van der Waals surface area contributed by atoms with Crippen molar-refractivity contribution in [2.75, 3.05) is 5.73 Å². The van der Waals surface area contributed by atoms with Crippen molar-refractivity contribution in [2.45, 2.75) is 0 Å². The first kappa shape index (κ1) is 14.0. The monoisotopic (exact) mass is 317 g/mol. The summed E-state index contributed by atoms with van der Waals surface area (Å²) in [5.41, 5.74) is 9.55. The Morgan fingerprint density at radius 2 is 1.76 bits per heavy atom. The molecule has 3 rings (SSSR count). The van der Waals surface area contributed by atoms with Crippen LogP contribution >= 0.6 is 23.2 Å².